The van der Waals surface area contributed by atoms with Crippen molar-refractivity contribution in [3.8, 4) is 5.75 Å². The van der Waals surface area contributed by atoms with Crippen molar-refractivity contribution in [2.75, 3.05) is 13.2 Å². The zero-order valence-electron chi connectivity index (χ0n) is 11.8. The first-order chi connectivity index (χ1) is 10.2. The third-order valence-corrected chi connectivity index (χ3v) is 2.99. The lowest BCUT2D eigenvalue weighted by atomic mass is 10.2. The minimum Gasteiger partial charge on any atom is -0.490 e. The van der Waals surface area contributed by atoms with E-state index in [0.29, 0.717) is 0 Å². The molecule has 0 aliphatic heterocycles. The molecule has 0 saturated carbocycles. The molecule has 0 atom stereocenters. The Morgan fingerprint density at radius 1 is 1.10 bits per heavy atom. The molecule has 0 heterocycles. The van der Waals surface area contributed by atoms with Crippen molar-refractivity contribution in [2.45, 2.75) is 13.3 Å². The van der Waals surface area contributed by atoms with E-state index >= 15 is 0 Å². The summed E-state index contributed by atoms with van der Waals surface area (Å²) >= 11 is 0. The number of hydrogen-bond donors (Lipinski definition) is 0. The molecular weight excluding hydrogens is 271 g/mol. The number of carbonyl (C=O) groups is 1. The fourth-order valence-corrected chi connectivity index (χ4v) is 1.85. The standard InChI is InChI=1S/C17H17FO3/c1-2-13-6-5-7-14(12-13)20-10-11-21-17(19)15-8-3-4-9-16(15)18/h3-9,12H,2,10-11H2,1H3. The van der Waals surface area contributed by atoms with Crippen LogP contribution in [0.25, 0.3) is 0 Å². The Balaban J connectivity index is 1.79. The molecule has 2 rings (SSSR count). The highest BCUT2D eigenvalue weighted by Gasteiger charge is 2.11. The van der Waals surface area contributed by atoms with Gasteiger partial charge in [0.2, 0.25) is 0 Å². The van der Waals surface area contributed by atoms with E-state index in [1.54, 1.807) is 6.07 Å². The molecule has 0 radical (unpaired) electrons. The summed E-state index contributed by atoms with van der Waals surface area (Å²) in [5.74, 6) is -0.533. The highest BCUT2D eigenvalue weighted by molar-refractivity contribution is 5.89. The van der Waals surface area contributed by atoms with Crippen molar-refractivity contribution in [2.24, 2.45) is 0 Å². The second kappa shape index (κ2) is 7.43. The van der Waals surface area contributed by atoms with Crippen molar-refractivity contribution < 1.29 is 18.7 Å². The van der Waals surface area contributed by atoms with E-state index in [1.165, 1.54) is 23.8 Å². The molecule has 2 aromatic rings. The van der Waals surface area contributed by atoms with E-state index in [2.05, 4.69) is 6.92 Å². The lowest BCUT2D eigenvalue weighted by Gasteiger charge is -2.08. The van der Waals surface area contributed by atoms with Gasteiger partial charge in [0.25, 0.3) is 0 Å². The zero-order valence-corrected chi connectivity index (χ0v) is 11.8. The molecular formula is C17H17FO3. The molecule has 0 unspecified atom stereocenters. The minimum absolute atomic E-state index is 0.0644. The third-order valence-electron chi connectivity index (χ3n) is 2.99. The fraction of sp³-hybridized carbons (Fsp3) is 0.235. The van der Waals surface area contributed by atoms with Gasteiger partial charge in [0.05, 0.1) is 5.56 Å². The molecule has 3 nitrogen and oxygen atoms in total. The molecule has 0 fully saturated rings. The molecule has 0 spiro atoms. The Hall–Kier alpha value is -2.36. The molecule has 0 saturated heterocycles. The molecule has 0 bridgehead atoms. The second-order valence-corrected chi connectivity index (χ2v) is 4.47. The quantitative estimate of drug-likeness (QED) is 0.601. The van der Waals surface area contributed by atoms with Crippen molar-refractivity contribution in [1.29, 1.82) is 0 Å². The number of hydrogen-bond acceptors (Lipinski definition) is 3. The molecule has 2 aromatic carbocycles. The molecule has 0 aromatic heterocycles. The van der Waals surface area contributed by atoms with Gasteiger partial charge in [-0.05, 0) is 36.2 Å². The second-order valence-electron chi connectivity index (χ2n) is 4.47. The van der Waals surface area contributed by atoms with Crippen molar-refractivity contribution >= 4 is 5.97 Å². The fourth-order valence-electron chi connectivity index (χ4n) is 1.85. The molecule has 21 heavy (non-hydrogen) atoms. The van der Waals surface area contributed by atoms with E-state index in [1.807, 2.05) is 24.3 Å². The number of halogens is 1. The summed E-state index contributed by atoms with van der Waals surface area (Å²) in [6.45, 7) is 2.37. The van der Waals surface area contributed by atoms with Gasteiger partial charge in [0.15, 0.2) is 0 Å². The Kier molecular flexibility index (Phi) is 5.32. The number of ether oxygens (including phenoxy) is 2. The SMILES string of the molecule is CCc1cccc(OCCOC(=O)c2ccccc2F)c1. The van der Waals surface area contributed by atoms with Crippen molar-refractivity contribution in [1.82, 2.24) is 0 Å². The Bertz CT molecular complexity index is 610. The summed E-state index contributed by atoms with van der Waals surface area (Å²) in [4.78, 5) is 11.7. The van der Waals surface area contributed by atoms with Gasteiger partial charge in [-0.1, -0.05) is 31.2 Å². The van der Waals surface area contributed by atoms with Crippen molar-refractivity contribution in [3.05, 3.63) is 65.5 Å². The van der Waals surface area contributed by atoms with Crippen LogP contribution in [0.3, 0.4) is 0 Å². The summed E-state index contributed by atoms with van der Waals surface area (Å²) in [5, 5.41) is 0. The average molecular weight is 288 g/mol. The van der Waals surface area contributed by atoms with Crippen LogP contribution in [0.5, 0.6) is 5.75 Å². The van der Waals surface area contributed by atoms with Crippen molar-refractivity contribution in [3.63, 3.8) is 0 Å². The van der Waals surface area contributed by atoms with E-state index < -0.39 is 11.8 Å². The van der Waals surface area contributed by atoms with Crippen LogP contribution in [0.15, 0.2) is 48.5 Å². The van der Waals surface area contributed by atoms with Gasteiger partial charge < -0.3 is 9.47 Å². The van der Waals surface area contributed by atoms with Crippen LogP contribution in [0, 0.1) is 5.82 Å². The summed E-state index contributed by atoms with van der Waals surface area (Å²) in [6.07, 6.45) is 0.930. The van der Waals surface area contributed by atoms with E-state index in [9.17, 15) is 9.18 Å². The van der Waals surface area contributed by atoms with Crippen LogP contribution in [-0.4, -0.2) is 19.2 Å². The topological polar surface area (TPSA) is 35.5 Å². The summed E-state index contributed by atoms with van der Waals surface area (Å²) in [6, 6.07) is 13.5. The average Bonchev–Trinajstić information content (AvgIpc) is 2.52. The predicted molar refractivity (Wildman–Crippen MR) is 78.0 cm³/mol. The van der Waals surface area contributed by atoms with Crippen LogP contribution in [0.2, 0.25) is 0 Å². The van der Waals surface area contributed by atoms with Gasteiger partial charge in [-0.15, -0.1) is 0 Å². The Labute approximate surface area is 123 Å². The number of esters is 1. The first kappa shape index (κ1) is 15.0. The number of aryl methyl sites for hydroxylation is 1. The molecule has 0 aliphatic carbocycles. The summed E-state index contributed by atoms with van der Waals surface area (Å²) in [5.41, 5.74) is 1.11. The molecule has 4 heteroatoms. The highest BCUT2D eigenvalue weighted by Crippen LogP contribution is 2.13. The molecule has 0 N–H and O–H groups in total. The monoisotopic (exact) mass is 288 g/mol. The molecule has 0 aliphatic rings. The molecule has 110 valence electrons. The van der Waals surface area contributed by atoms with Crippen LogP contribution in [0.1, 0.15) is 22.8 Å². The maximum Gasteiger partial charge on any atom is 0.341 e. The third kappa shape index (κ3) is 4.31. The molecule has 0 amide bonds. The van der Waals surface area contributed by atoms with Crippen LogP contribution >= 0.6 is 0 Å². The van der Waals surface area contributed by atoms with Crippen LogP contribution in [-0.2, 0) is 11.2 Å². The number of carbonyl (C=O) groups excluding carboxylic acids is 1. The van der Waals surface area contributed by atoms with Gasteiger partial charge in [0, 0.05) is 0 Å². The smallest absolute Gasteiger partial charge is 0.341 e. The Morgan fingerprint density at radius 3 is 2.67 bits per heavy atom. The first-order valence-corrected chi connectivity index (χ1v) is 6.84. The largest absolute Gasteiger partial charge is 0.490 e. The maximum absolute atomic E-state index is 13.4. The maximum atomic E-state index is 13.4. The van der Waals surface area contributed by atoms with Crippen LogP contribution in [0.4, 0.5) is 4.39 Å². The summed E-state index contributed by atoms with van der Waals surface area (Å²) < 4.78 is 23.8. The van der Waals surface area contributed by atoms with E-state index in [0.717, 1.165) is 12.2 Å². The summed E-state index contributed by atoms with van der Waals surface area (Å²) in [7, 11) is 0. The van der Waals surface area contributed by atoms with Crippen LogP contribution < -0.4 is 4.74 Å². The zero-order chi connectivity index (χ0) is 15.1. The number of benzene rings is 2. The number of rotatable bonds is 6. The van der Waals surface area contributed by atoms with E-state index in [4.69, 9.17) is 9.47 Å². The van der Waals surface area contributed by atoms with Gasteiger partial charge in [-0.25, -0.2) is 9.18 Å². The highest BCUT2D eigenvalue weighted by atomic mass is 19.1. The minimum atomic E-state index is -0.681. The first-order valence-electron chi connectivity index (χ1n) is 6.84. The van der Waals surface area contributed by atoms with Gasteiger partial charge in [-0.2, -0.15) is 0 Å². The predicted octanol–water partition coefficient (Wildman–Crippen LogP) is 3.62. The van der Waals surface area contributed by atoms with E-state index in [-0.39, 0.29) is 18.8 Å². The van der Waals surface area contributed by atoms with Gasteiger partial charge >= 0.3 is 5.97 Å². The normalized spacial score (nSPS) is 10.2. The van der Waals surface area contributed by atoms with Gasteiger partial charge in [-0.3, -0.25) is 0 Å². The Morgan fingerprint density at radius 2 is 1.90 bits per heavy atom. The van der Waals surface area contributed by atoms with Gasteiger partial charge in [0.1, 0.15) is 24.8 Å². The lowest BCUT2D eigenvalue weighted by molar-refractivity contribution is 0.0445. The lowest BCUT2D eigenvalue weighted by Crippen LogP contribution is -2.13.